The molecule has 0 spiro atoms. The second-order valence-corrected chi connectivity index (χ2v) is 15.0. The zero-order valence-corrected chi connectivity index (χ0v) is 26.4. The molecule has 0 unspecified atom stereocenters. The lowest BCUT2D eigenvalue weighted by atomic mass is 9.41. The van der Waals surface area contributed by atoms with Gasteiger partial charge in [0.05, 0.1) is 36.1 Å². The van der Waals surface area contributed by atoms with Crippen molar-refractivity contribution >= 4 is 12.2 Å². The first-order valence-electron chi connectivity index (χ1n) is 16.9. The van der Waals surface area contributed by atoms with Crippen LogP contribution in [0.25, 0.3) is 0 Å². The van der Waals surface area contributed by atoms with Gasteiger partial charge in [0.15, 0.2) is 6.29 Å². The van der Waals surface area contributed by atoms with Gasteiger partial charge in [-0.25, -0.2) is 4.79 Å². The van der Waals surface area contributed by atoms with E-state index in [0.29, 0.717) is 51.7 Å². The van der Waals surface area contributed by atoms with Crippen LogP contribution in [0, 0.1) is 28.6 Å². The summed E-state index contributed by atoms with van der Waals surface area (Å²) in [7, 11) is 0. The number of aliphatic imine (C=N–C) groups is 1. The van der Waals surface area contributed by atoms with E-state index in [2.05, 4.69) is 11.9 Å². The minimum Gasteiger partial charge on any atom is -0.458 e. The van der Waals surface area contributed by atoms with Gasteiger partial charge in [-0.3, -0.25) is 9.98 Å². The fourth-order valence-electron chi connectivity index (χ4n) is 10.6. The normalized spacial score (nSPS) is 48.0. The van der Waals surface area contributed by atoms with Crippen molar-refractivity contribution in [2.75, 3.05) is 6.61 Å². The largest absolute Gasteiger partial charge is 0.458 e. The van der Waals surface area contributed by atoms with E-state index in [1.165, 1.54) is 0 Å². The molecule has 0 amide bonds. The topological polar surface area (TPSA) is 151 Å². The summed E-state index contributed by atoms with van der Waals surface area (Å²) in [6.07, 6.45) is 10.2. The number of fused-ring (bicyclic) bond motifs is 5. The molecular formula is C35H48N2O8. The molecule has 0 radical (unpaired) electrons. The fourth-order valence-corrected chi connectivity index (χ4v) is 10.6. The Bertz CT molecular complexity index is 1330. The maximum absolute atomic E-state index is 12.7. The predicted octanol–water partition coefficient (Wildman–Crippen LogP) is 3.25. The van der Waals surface area contributed by atoms with Crippen LogP contribution in [-0.4, -0.2) is 86.1 Å². The van der Waals surface area contributed by atoms with Crippen LogP contribution in [0.3, 0.4) is 0 Å². The Labute approximate surface area is 264 Å². The monoisotopic (exact) mass is 624 g/mol. The summed E-state index contributed by atoms with van der Waals surface area (Å²) >= 11 is 0. The molecule has 4 N–H and O–H groups in total. The lowest BCUT2D eigenvalue weighted by molar-refractivity contribution is -0.282. The lowest BCUT2D eigenvalue weighted by Crippen LogP contribution is -2.69. The van der Waals surface area contributed by atoms with Gasteiger partial charge >= 0.3 is 5.97 Å². The zero-order chi connectivity index (χ0) is 31.6. The van der Waals surface area contributed by atoms with E-state index in [-0.39, 0.29) is 41.7 Å². The smallest absolute Gasteiger partial charge is 0.331 e. The average Bonchev–Trinajstić information content (AvgIpc) is 3.56. The molecule has 7 rings (SSSR count). The van der Waals surface area contributed by atoms with Gasteiger partial charge in [0, 0.05) is 48.4 Å². The van der Waals surface area contributed by atoms with Gasteiger partial charge in [-0.2, -0.15) is 0 Å². The predicted molar refractivity (Wildman–Crippen MR) is 164 cm³/mol. The molecule has 0 aromatic carbocycles. The van der Waals surface area contributed by atoms with Crippen LogP contribution >= 0.6 is 0 Å². The van der Waals surface area contributed by atoms with Crippen LogP contribution in [0.4, 0.5) is 0 Å². The van der Waals surface area contributed by atoms with Gasteiger partial charge in [0.1, 0.15) is 12.7 Å². The highest BCUT2D eigenvalue weighted by Gasteiger charge is 2.71. The number of carbonyl (C=O) groups is 1. The van der Waals surface area contributed by atoms with Gasteiger partial charge in [0.2, 0.25) is 0 Å². The molecule has 45 heavy (non-hydrogen) atoms. The number of cyclic esters (lactones) is 1. The summed E-state index contributed by atoms with van der Waals surface area (Å²) in [5.74, 6) is -0.171. The number of ether oxygens (including phenoxy) is 3. The van der Waals surface area contributed by atoms with Crippen molar-refractivity contribution in [1.29, 1.82) is 0 Å². The minimum absolute atomic E-state index is 0.0124. The van der Waals surface area contributed by atoms with Crippen molar-refractivity contribution < 1.29 is 39.4 Å². The Balaban J connectivity index is 1.17. The Hall–Kier alpha value is -2.21. The number of nitrogens with zero attached hydrogens (tertiary/aromatic N) is 2. The second kappa shape index (κ2) is 11.5. The fraction of sp³-hybridized carbons (Fsp3) is 0.743. The van der Waals surface area contributed by atoms with Gasteiger partial charge in [-0.1, -0.05) is 13.0 Å². The first kappa shape index (κ1) is 31.4. The van der Waals surface area contributed by atoms with Gasteiger partial charge in [-0.15, -0.1) is 0 Å². The molecule has 12 atom stereocenters. The van der Waals surface area contributed by atoms with Gasteiger partial charge in [0.25, 0.3) is 0 Å². The summed E-state index contributed by atoms with van der Waals surface area (Å²) in [6, 6.07) is 3.90. The molecule has 5 fully saturated rings. The Kier molecular flexibility index (Phi) is 8.02. The molecule has 1 aromatic rings. The number of hydrogen-bond donors (Lipinski definition) is 4. The zero-order valence-electron chi connectivity index (χ0n) is 26.4. The summed E-state index contributed by atoms with van der Waals surface area (Å²) in [4.78, 5) is 21.2. The molecule has 1 saturated heterocycles. The summed E-state index contributed by atoms with van der Waals surface area (Å²) in [5.41, 5.74) is -1.03. The standard InChI is InChI=1S/C35H48N2O8/c1-21-31(40)28(38)15-30(44-21)45-24-5-10-33(20-37-18-22-4-3-13-36-17-22)26-6-9-32(2)25(23-14-29(39)43-19-23)8-12-35(32,42)27(26)7-11-34(33,41)16-24/h3-4,13-14,17,20-21,24-28,30-31,38,40-42H,5-12,15-16,18-19H2,1-2H3/t21-,24+,25+,26-,27+,28-,30+,31-,32-,33+,34-,35+/m1/s1. The minimum atomic E-state index is -1.09. The van der Waals surface area contributed by atoms with Gasteiger partial charge < -0.3 is 34.6 Å². The number of aliphatic hydroxyl groups is 4. The van der Waals surface area contributed by atoms with Crippen molar-refractivity contribution in [3.63, 3.8) is 0 Å². The Morgan fingerprint density at radius 1 is 1.11 bits per heavy atom. The van der Waals surface area contributed by atoms with Crippen LogP contribution in [0.1, 0.15) is 83.6 Å². The highest BCUT2D eigenvalue weighted by Crippen LogP contribution is 2.70. The third-order valence-corrected chi connectivity index (χ3v) is 13.0. The number of aliphatic hydroxyl groups excluding tert-OH is 2. The van der Waals surface area contributed by atoms with E-state index in [0.717, 1.165) is 30.4 Å². The Morgan fingerprint density at radius 3 is 2.67 bits per heavy atom. The average molecular weight is 625 g/mol. The molecule has 10 nitrogen and oxygen atoms in total. The quantitative estimate of drug-likeness (QED) is 0.212. The number of esters is 1. The van der Waals surface area contributed by atoms with E-state index in [1.54, 1.807) is 19.2 Å². The number of rotatable bonds is 6. The highest BCUT2D eigenvalue weighted by atomic mass is 16.7. The van der Waals surface area contributed by atoms with E-state index >= 15 is 0 Å². The second-order valence-electron chi connectivity index (χ2n) is 15.0. The van der Waals surface area contributed by atoms with E-state index in [1.807, 2.05) is 24.5 Å². The molecule has 3 heterocycles. The highest BCUT2D eigenvalue weighted by molar-refractivity contribution is 5.85. The molecule has 4 saturated carbocycles. The number of pyridine rings is 1. The molecule has 246 valence electrons. The number of hydrogen-bond acceptors (Lipinski definition) is 10. The molecule has 1 aromatic heterocycles. The molecule has 0 bridgehead atoms. The van der Waals surface area contributed by atoms with Crippen LogP contribution in [0.15, 0.2) is 41.2 Å². The Morgan fingerprint density at radius 2 is 1.93 bits per heavy atom. The molecule has 4 aliphatic carbocycles. The molecular weight excluding hydrogens is 576 g/mol. The van der Waals surface area contributed by atoms with Crippen LogP contribution in [0.2, 0.25) is 0 Å². The van der Waals surface area contributed by atoms with Crippen molar-refractivity contribution in [3.8, 4) is 0 Å². The van der Waals surface area contributed by atoms with E-state index in [9.17, 15) is 25.2 Å². The first-order chi connectivity index (χ1) is 21.5. The number of carbonyl (C=O) groups excluding carboxylic acids is 1. The summed E-state index contributed by atoms with van der Waals surface area (Å²) in [6.45, 7) is 4.71. The van der Waals surface area contributed by atoms with E-state index in [4.69, 9.17) is 19.2 Å². The van der Waals surface area contributed by atoms with Crippen LogP contribution < -0.4 is 0 Å². The molecule has 6 aliphatic rings. The third-order valence-electron chi connectivity index (χ3n) is 13.0. The SMILES string of the molecule is C[C@H]1O[C@@H](O[C@H]2CC[C@]3(C=NCc4cccnc4)[C@@H]4CC[C@]5(C)[C@H](C6=CC(=O)OC6)CC[C@]5(O)[C@H]4CC[C@@]3(O)C2)C[C@@H](O)[C@@H]1O. The van der Waals surface area contributed by atoms with E-state index < -0.39 is 41.2 Å². The van der Waals surface area contributed by atoms with Crippen molar-refractivity contribution in [3.05, 3.63) is 41.7 Å². The number of aromatic nitrogens is 1. The maximum atomic E-state index is 12.7. The van der Waals surface area contributed by atoms with Crippen LogP contribution in [0.5, 0.6) is 0 Å². The van der Waals surface area contributed by atoms with Crippen molar-refractivity contribution in [1.82, 2.24) is 4.98 Å². The lowest BCUT2D eigenvalue weighted by Gasteiger charge is -2.66. The maximum Gasteiger partial charge on any atom is 0.331 e. The molecule has 2 aliphatic heterocycles. The van der Waals surface area contributed by atoms with Gasteiger partial charge in [-0.05, 0) is 93.2 Å². The van der Waals surface area contributed by atoms with Crippen molar-refractivity contribution in [2.24, 2.45) is 33.6 Å². The third kappa shape index (κ3) is 5.02. The molecule has 10 heteroatoms. The van der Waals surface area contributed by atoms with Crippen LogP contribution in [-0.2, 0) is 25.5 Å². The summed E-state index contributed by atoms with van der Waals surface area (Å²) < 4.78 is 17.5. The summed E-state index contributed by atoms with van der Waals surface area (Å²) in [5, 5.41) is 45.9. The van der Waals surface area contributed by atoms with Crippen molar-refractivity contribution in [2.45, 2.75) is 127 Å². The first-order valence-corrected chi connectivity index (χ1v) is 16.9.